The molecule has 1 aliphatic carbocycles. The van der Waals surface area contributed by atoms with Gasteiger partial charge in [0.15, 0.2) is 5.16 Å². The maximum absolute atomic E-state index is 13.2. The van der Waals surface area contributed by atoms with Gasteiger partial charge in [-0.3, -0.25) is 14.2 Å². The molecule has 0 saturated carbocycles. The van der Waals surface area contributed by atoms with E-state index in [-0.39, 0.29) is 17.2 Å². The molecule has 0 aliphatic heterocycles. The number of carbonyl (C=O) groups excluding carboxylic acids is 1. The molecule has 2 aromatic rings. The molecular weight excluding hydrogens is 354 g/mol. The fraction of sp³-hybridized carbons (Fsp3) is 0.611. The maximum Gasteiger partial charge on any atom is 0.263 e. The van der Waals surface area contributed by atoms with Crippen molar-refractivity contribution in [2.45, 2.75) is 51.7 Å². The molecule has 1 N–H and O–H groups in total. The lowest BCUT2D eigenvalue weighted by Gasteiger charge is -2.18. The number of fused-ring (bicyclic) bond motifs is 3. The lowest BCUT2D eigenvalue weighted by molar-refractivity contribution is -0.118. The number of nitrogens with one attached hydrogen (secondary N) is 1. The van der Waals surface area contributed by atoms with Crippen LogP contribution in [-0.2, 0) is 24.2 Å². The molecule has 0 aromatic carbocycles. The van der Waals surface area contributed by atoms with Crippen LogP contribution in [0.15, 0.2) is 9.95 Å². The van der Waals surface area contributed by atoms with Crippen LogP contribution in [0.1, 0.15) is 37.6 Å². The minimum atomic E-state index is -0.0604. The second-order valence-electron chi connectivity index (χ2n) is 7.20. The van der Waals surface area contributed by atoms with Crippen molar-refractivity contribution in [1.29, 1.82) is 0 Å². The zero-order chi connectivity index (χ0) is 18.1. The van der Waals surface area contributed by atoms with Crippen molar-refractivity contribution in [3.8, 4) is 0 Å². The van der Waals surface area contributed by atoms with E-state index in [2.05, 4.69) is 26.1 Å². The molecule has 0 saturated heterocycles. The van der Waals surface area contributed by atoms with Gasteiger partial charge in [-0.05, 0) is 36.7 Å². The van der Waals surface area contributed by atoms with Gasteiger partial charge in [0, 0.05) is 18.5 Å². The van der Waals surface area contributed by atoms with Gasteiger partial charge in [0.05, 0.1) is 11.1 Å². The van der Waals surface area contributed by atoms with Crippen LogP contribution in [0.4, 0.5) is 0 Å². The Balaban J connectivity index is 2.11. The van der Waals surface area contributed by atoms with Crippen LogP contribution < -0.4 is 10.9 Å². The first kappa shape index (κ1) is 18.5. The maximum atomic E-state index is 13.2. The number of carbonyl (C=O) groups is 1. The minimum absolute atomic E-state index is 0.0603. The fourth-order valence-corrected chi connectivity index (χ4v) is 5.55. The lowest BCUT2D eigenvalue weighted by atomic mass is 9.89. The topological polar surface area (TPSA) is 64.0 Å². The van der Waals surface area contributed by atoms with Crippen molar-refractivity contribution in [3.63, 3.8) is 0 Å². The number of nitrogens with zero attached hydrogens (tertiary/aromatic N) is 2. The van der Waals surface area contributed by atoms with Crippen molar-refractivity contribution < 1.29 is 4.79 Å². The average Bonchev–Trinajstić information content (AvgIpc) is 2.92. The first-order chi connectivity index (χ1) is 11.9. The van der Waals surface area contributed by atoms with E-state index >= 15 is 0 Å². The van der Waals surface area contributed by atoms with Crippen LogP contribution in [0, 0.1) is 11.8 Å². The van der Waals surface area contributed by atoms with Crippen molar-refractivity contribution >= 4 is 39.2 Å². The summed E-state index contributed by atoms with van der Waals surface area (Å²) in [6.07, 6.45) is 3.15. The Kier molecular flexibility index (Phi) is 5.53. The summed E-state index contributed by atoms with van der Waals surface area (Å²) in [5.74, 6) is 1.22. The van der Waals surface area contributed by atoms with Crippen LogP contribution in [0.3, 0.4) is 0 Å². The number of hydrogen-bond donors (Lipinski definition) is 1. The lowest BCUT2D eigenvalue weighted by Crippen LogP contribution is -2.27. The van der Waals surface area contributed by atoms with Crippen LogP contribution in [0.25, 0.3) is 10.2 Å². The second kappa shape index (κ2) is 7.50. The van der Waals surface area contributed by atoms with Gasteiger partial charge in [-0.1, -0.05) is 32.5 Å². The molecule has 7 heteroatoms. The molecule has 25 heavy (non-hydrogen) atoms. The molecule has 1 unspecified atom stereocenters. The monoisotopic (exact) mass is 379 g/mol. The number of thioether (sulfide) groups is 1. The van der Waals surface area contributed by atoms with Crippen LogP contribution in [0.2, 0.25) is 0 Å². The summed E-state index contributed by atoms with van der Waals surface area (Å²) >= 11 is 3.00. The Morgan fingerprint density at radius 3 is 2.92 bits per heavy atom. The highest BCUT2D eigenvalue weighted by atomic mass is 32.2. The average molecular weight is 380 g/mol. The van der Waals surface area contributed by atoms with Gasteiger partial charge in [0.1, 0.15) is 4.83 Å². The fourth-order valence-electron chi connectivity index (χ4n) is 3.24. The Hall–Kier alpha value is -1.34. The van der Waals surface area contributed by atoms with Crippen molar-refractivity contribution in [1.82, 2.24) is 14.9 Å². The summed E-state index contributed by atoms with van der Waals surface area (Å²) in [6.45, 7) is 7.07. The smallest absolute Gasteiger partial charge is 0.263 e. The standard InChI is InChI=1S/C18H25N3O2S2/c1-10(2)8-21-17(23)15-12-6-5-11(3)7-13(12)25-16(15)20-18(21)24-9-14(22)19-4/h10-11H,5-9H2,1-4H3,(H,19,22). The zero-order valence-electron chi connectivity index (χ0n) is 15.2. The normalized spacial score (nSPS) is 17.1. The highest BCUT2D eigenvalue weighted by molar-refractivity contribution is 7.99. The Bertz CT molecular complexity index is 854. The zero-order valence-corrected chi connectivity index (χ0v) is 16.9. The van der Waals surface area contributed by atoms with E-state index in [0.717, 1.165) is 29.5 Å². The van der Waals surface area contributed by atoms with Gasteiger partial charge < -0.3 is 5.32 Å². The summed E-state index contributed by atoms with van der Waals surface area (Å²) in [4.78, 5) is 31.8. The van der Waals surface area contributed by atoms with Gasteiger partial charge in [-0.2, -0.15) is 0 Å². The third-order valence-corrected chi connectivity index (χ3v) is 6.66. The van der Waals surface area contributed by atoms with E-state index in [4.69, 9.17) is 4.98 Å². The summed E-state index contributed by atoms with van der Waals surface area (Å²) in [5, 5.41) is 4.09. The molecule has 5 nitrogen and oxygen atoms in total. The van der Waals surface area contributed by atoms with Gasteiger partial charge in [-0.15, -0.1) is 11.3 Å². The summed E-state index contributed by atoms with van der Waals surface area (Å²) in [6, 6.07) is 0. The Morgan fingerprint density at radius 1 is 1.48 bits per heavy atom. The van der Waals surface area contributed by atoms with Gasteiger partial charge >= 0.3 is 0 Å². The van der Waals surface area contributed by atoms with E-state index in [1.165, 1.54) is 22.2 Å². The number of amides is 1. The molecular formula is C18H25N3O2S2. The van der Waals surface area contributed by atoms with E-state index in [9.17, 15) is 9.59 Å². The summed E-state index contributed by atoms with van der Waals surface area (Å²) in [7, 11) is 1.62. The predicted octanol–water partition coefficient (Wildman–Crippen LogP) is 3.08. The van der Waals surface area contributed by atoms with Crippen molar-refractivity contribution in [3.05, 3.63) is 20.8 Å². The highest BCUT2D eigenvalue weighted by Gasteiger charge is 2.25. The van der Waals surface area contributed by atoms with E-state index < -0.39 is 0 Å². The molecule has 2 heterocycles. The van der Waals surface area contributed by atoms with E-state index in [1.54, 1.807) is 23.0 Å². The number of hydrogen-bond acceptors (Lipinski definition) is 5. The van der Waals surface area contributed by atoms with E-state index in [0.29, 0.717) is 23.5 Å². The molecule has 136 valence electrons. The summed E-state index contributed by atoms with van der Waals surface area (Å²) in [5.41, 5.74) is 1.28. The molecule has 3 rings (SSSR count). The molecule has 1 aliphatic rings. The largest absolute Gasteiger partial charge is 0.358 e. The first-order valence-corrected chi connectivity index (χ1v) is 10.6. The number of rotatable bonds is 5. The van der Waals surface area contributed by atoms with Crippen LogP contribution >= 0.6 is 23.1 Å². The highest BCUT2D eigenvalue weighted by Crippen LogP contribution is 2.36. The molecule has 0 spiro atoms. The SMILES string of the molecule is CNC(=O)CSc1nc2sc3c(c2c(=O)n1CC(C)C)CCC(C)C3. The third kappa shape index (κ3) is 3.77. The van der Waals surface area contributed by atoms with Crippen LogP contribution in [-0.4, -0.2) is 28.3 Å². The van der Waals surface area contributed by atoms with E-state index in [1.807, 2.05) is 0 Å². The van der Waals surface area contributed by atoms with Crippen molar-refractivity contribution in [2.75, 3.05) is 12.8 Å². The Labute approximate surface area is 156 Å². The third-order valence-electron chi connectivity index (χ3n) is 4.54. The summed E-state index contributed by atoms with van der Waals surface area (Å²) < 4.78 is 1.77. The van der Waals surface area contributed by atoms with Gasteiger partial charge in [0.2, 0.25) is 5.91 Å². The first-order valence-electron chi connectivity index (χ1n) is 8.79. The number of aryl methyl sites for hydroxylation is 1. The number of aromatic nitrogens is 2. The molecule has 1 atom stereocenters. The Morgan fingerprint density at radius 2 is 2.24 bits per heavy atom. The number of thiophene rings is 1. The predicted molar refractivity (Wildman–Crippen MR) is 105 cm³/mol. The molecule has 2 aromatic heterocycles. The van der Waals surface area contributed by atoms with Crippen LogP contribution in [0.5, 0.6) is 0 Å². The second-order valence-corrected chi connectivity index (χ2v) is 9.22. The van der Waals surface area contributed by atoms with Crippen molar-refractivity contribution in [2.24, 2.45) is 11.8 Å². The molecule has 0 radical (unpaired) electrons. The van der Waals surface area contributed by atoms with Gasteiger partial charge in [-0.25, -0.2) is 4.98 Å². The molecule has 0 bridgehead atoms. The molecule has 0 fully saturated rings. The minimum Gasteiger partial charge on any atom is -0.358 e. The van der Waals surface area contributed by atoms with Gasteiger partial charge in [0.25, 0.3) is 5.56 Å². The molecule has 1 amide bonds. The quantitative estimate of drug-likeness (QED) is 0.640.